The quantitative estimate of drug-likeness (QED) is 0.735. The standard InChI is InChI=1S/C15H21NOS/c17-15(18-14-10-4-5-12-16-14)11-6-9-13-7-2-1-3-8-13/h4-5,10,12-13H,1-3,6-9,11H2. The molecule has 1 heterocycles. The maximum Gasteiger partial charge on any atom is 0.195 e. The van der Waals surface area contributed by atoms with E-state index in [1.54, 1.807) is 6.20 Å². The molecule has 1 aliphatic rings. The summed E-state index contributed by atoms with van der Waals surface area (Å²) in [6.45, 7) is 0. The Morgan fingerprint density at radius 1 is 1.28 bits per heavy atom. The molecule has 0 amide bonds. The van der Waals surface area contributed by atoms with Gasteiger partial charge in [0.05, 0.1) is 0 Å². The lowest BCUT2D eigenvalue weighted by Gasteiger charge is -2.20. The van der Waals surface area contributed by atoms with Gasteiger partial charge in [-0.2, -0.15) is 0 Å². The summed E-state index contributed by atoms with van der Waals surface area (Å²) in [4.78, 5) is 15.9. The zero-order chi connectivity index (χ0) is 12.6. The molecule has 1 aromatic rings. The molecule has 0 N–H and O–H groups in total. The summed E-state index contributed by atoms with van der Waals surface area (Å²) in [5.74, 6) is 0.881. The molecule has 18 heavy (non-hydrogen) atoms. The second kappa shape index (κ2) is 7.57. The minimum absolute atomic E-state index is 0.254. The van der Waals surface area contributed by atoms with Crippen LogP contribution in [-0.4, -0.2) is 10.1 Å². The average molecular weight is 263 g/mol. The normalized spacial score (nSPS) is 16.7. The van der Waals surface area contributed by atoms with Crippen molar-refractivity contribution in [3.05, 3.63) is 24.4 Å². The minimum Gasteiger partial charge on any atom is -0.287 e. The fourth-order valence-electron chi connectivity index (χ4n) is 2.59. The molecule has 0 bridgehead atoms. The maximum absolute atomic E-state index is 11.8. The molecule has 2 rings (SSSR count). The number of aromatic nitrogens is 1. The molecule has 0 saturated heterocycles. The zero-order valence-electron chi connectivity index (χ0n) is 10.8. The Kier molecular flexibility index (Phi) is 5.72. The summed E-state index contributed by atoms with van der Waals surface area (Å²) in [7, 11) is 0. The van der Waals surface area contributed by atoms with Gasteiger partial charge in [-0.05, 0) is 42.7 Å². The Morgan fingerprint density at radius 3 is 2.83 bits per heavy atom. The first kappa shape index (κ1) is 13.6. The van der Waals surface area contributed by atoms with Crippen molar-refractivity contribution in [2.45, 2.75) is 56.4 Å². The predicted molar refractivity (Wildman–Crippen MR) is 75.5 cm³/mol. The minimum atomic E-state index is 0.254. The number of pyridine rings is 1. The Hall–Kier alpha value is -0.830. The highest BCUT2D eigenvalue weighted by molar-refractivity contribution is 8.13. The van der Waals surface area contributed by atoms with Crippen LogP contribution < -0.4 is 0 Å². The van der Waals surface area contributed by atoms with Crippen LogP contribution >= 0.6 is 11.8 Å². The van der Waals surface area contributed by atoms with E-state index in [4.69, 9.17) is 0 Å². The van der Waals surface area contributed by atoms with Gasteiger partial charge in [0.1, 0.15) is 5.03 Å². The number of carbonyl (C=O) groups excluding carboxylic acids is 1. The van der Waals surface area contributed by atoms with E-state index in [-0.39, 0.29) is 5.12 Å². The van der Waals surface area contributed by atoms with E-state index < -0.39 is 0 Å². The molecule has 1 fully saturated rings. The van der Waals surface area contributed by atoms with Crippen LogP contribution in [0.25, 0.3) is 0 Å². The first-order valence-electron chi connectivity index (χ1n) is 6.96. The van der Waals surface area contributed by atoms with Gasteiger partial charge in [0, 0.05) is 12.6 Å². The van der Waals surface area contributed by atoms with Crippen LogP contribution in [0, 0.1) is 5.92 Å². The summed E-state index contributed by atoms with van der Waals surface area (Å²) in [6.07, 6.45) is 11.6. The third-order valence-corrected chi connectivity index (χ3v) is 4.46. The molecule has 2 nitrogen and oxygen atoms in total. The molecular weight excluding hydrogens is 242 g/mol. The second-order valence-electron chi connectivity index (χ2n) is 5.04. The van der Waals surface area contributed by atoms with Gasteiger partial charge < -0.3 is 0 Å². The van der Waals surface area contributed by atoms with Crippen LogP contribution in [-0.2, 0) is 4.79 Å². The third-order valence-electron chi connectivity index (χ3n) is 3.57. The van der Waals surface area contributed by atoms with Gasteiger partial charge in [0.15, 0.2) is 5.12 Å². The van der Waals surface area contributed by atoms with Crippen LogP contribution in [0.15, 0.2) is 29.4 Å². The molecule has 0 spiro atoms. The Labute approximate surface area is 114 Å². The SMILES string of the molecule is O=C(CCCC1CCCCC1)Sc1ccccn1. The molecule has 1 aliphatic carbocycles. The lowest BCUT2D eigenvalue weighted by Crippen LogP contribution is -2.06. The smallest absolute Gasteiger partial charge is 0.195 e. The van der Waals surface area contributed by atoms with Crippen molar-refractivity contribution in [2.24, 2.45) is 5.92 Å². The molecule has 1 aromatic heterocycles. The van der Waals surface area contributed by atoms with E-state index in [1.165, 1.54) is 50.3 Å². The monoisotopic (exact) mass is 263 g/mol. The van der Waals surface area contributed by atoms with Crippen molar-refractivity contribution in [3.63, 3.8) is 0 Å². The summed E-state index contributed by atoms with van der Waals surface area (Å²) in [5, 5.41) is 1.07. The summed E-state index contributed by atoms with van der Waals surface area (Å²) < 4.78 is 0. The molecule has 0 aromatic carbocycles. The van der Waals surface area contributed by atoms with Gasteiger partial charge in [0.2, 0.25) is 0 Å². The molecule has 0 aliphatic heterocycles. The predicted octanol–water partition coefficient (Wildman–Crippen LogP) is 4.45. The number of hydrogen-bond donors (Lipinski definition) is 0. The van der Waals surface area contributed by atoms with E-state index in [0.717, 1.165) is 17.4 Å². The van der Waals surface area contributed by atoms with Crippen molar-refractivity contribution < 1.29 is 4.79 Å². The van der Waals surface area contributed by atoms with Gasteiger partial charge in [-0.25, -0.2) is 4.98 Å². The van der Waals surface area contributed by atoms with Crippen molar-refractivity contribution in [1.82, 2.24) is 4.98 Å². The van der Waals surface area contributed by atoms with Crippen LogP contribution in [0.4, 0.5) is 0 Å². The van der Waals surface area contributed by atoms with E-state index in [9.17, 15) is 4.79 Å². The zero-order valence-corrected chi connectivity index (χ0v) is 11.6. The van der Waals surface area contributed by atoms with E-state index >= 15 is 0 Å². The van der Waals surface area contributed by atoms with Gasteiger partial charge in [-0.1, -0.05) is 38.2 Å². The molecular formula is C15H21NOS. The van der Waals surface area contributed by atoms with Crippen molar-refractivity contribution in [1.29, 1.82) is 0 Å². The van der Waals surface area contributed by atoms with Crippen molar-refractivity contribution in [2.75, 3.05) is 0 Å². The Morgan fingerprint density at radius 2 is 2.11 bits per heavy atom. The summed E-state index contributed by atoms with van der Waals surface area (Å²) in [6, 6.07) is 5.69. The Balaban J connectivity index is 1.62. The first-order valence-corrected chi connectivity index (χ1v) is 7.78. The summed E-state index contributed by atoms with van der Waals surface area (Å²) >= 11 is 1.28. The Bertz CT molecular complexity index is 360. The van der Waals surface area contributed by atoms with Gasteiger partial charge >= 0.3 is 0 Å². The van der Waals surface area contributed by atoms with E-state index in [0.29, 0.717) is 6.42 Å². The number of thioether (sulfide) groups is 1. The highest BCUT2D eigenvalue weighted by Gasteiger charge is 2.14. The van der Waals surface area contributed by atoms with Crippen molar-refractivity contribution >= 4 is 16.9 Å². The summed E-state index contributed by atoms with van der Waals surface area (Å²) in [5.41, 5.74) is 0. The third kappa shape index (κ3) is 4.81. The average Bonchev–Trinajstić information content (AvgIpc) is 2.41. The van der Waals surface area contributed by atoms with E-state index in [2.05, 4.69) is 4.98 Å². The van der Waals surface area contributed by atoms with Crippen molar-refractivity contribution in [3.8, 4) is 0 Å². The second-order valence-corrected chi connectivity index (χ2v) is 6.12. The van der Waals surface area contributed by atoms with Gasteiger partial charge in [0.25, 0.3) is 0 Å². The largest absolute Gasteiger partial charge is 0.287 e. The van der Waals surface area contributed by atoms with Gasteiger partial charge in [-0.15, -0.1) is 0 Å². The van der Waals surface area contributed by atoms with E-state index in [1.807, 2.05) is 18.2 Å². The fraction of sp³-hybridized carbons (Fsp3) is 0.600. The van der Waals surface area contributed by atoms with Crippen LogP contribution in [0.1, 0.15) is 51.4 Å². The first-order chi connectivity index (χ1) is 8.84. The van der Waals surface area contributed by atoms with Crippen LogP contribution in [0.2, 0.25) is 0 Å². The van der Waals surface area contributed by atoms with Gasteiger partial charge in [-0.3, -0.25) is 4.79 Å². The molecule has 0 atom stereocenters. The molecule has 98 valence electrons. The number of nitrogens with zero attached hydrogens (tertiary/aromatic N) is 1. The number of hydrogen-bond acceptors (Lipinski definition) is 3. The number of rotatable bonds is 5. The van der Waals surface area contributed by atoms with Crippen LogP contribution in [0.3, 0.4) is 0 Å². The molecule has 1 saturated carbocycles. The highest BCUT2D eigenvalue weighted by atomic mass is 32.2. The number of carbonyl (C=O) groups is 1. The topological polar surface area (TPSA) is 30.0 Å². The lowest BCUT2D eigenvalue weighted by molar-refractivity contribution is -0.111. The highest BCUT2D eigenvalue weighted by Crippen LogP contribution is 2.28. The maximum atomic E-state index is 11.8. The fourth-order valence-corrected chi connectivity index (χ4v) is 3.33. The van der Waals surface area contributed by atoms with Crippen LogP contribution in [0.5, 0.6) is 0 Å². The lowest BCUT2D eigenvalue weighted by atomic mass is 9.86. The molecule has 0 unspecified atom stereocenters. The molecule has 0 radical (unpaired) electrons. The molecule has 3 heteroatoms.